The Kier molecular flexibility index (Phi) is 2.95. The van der Waals surface area contributed by atoms with Crippen LogP contribution in [-0.2, 0) is 5.60 Å². The fourth-order valence-electron chi connectivity index (χ4n) is 2.11. The van der Waals surface area contributed by atoms with E-state index in [-0.39, 0.29) is 6.04 Å². The van der Waals surface area contributed by atoms with Crippen LogP contribution in [0, 0.1) is 0 Å². The van der Waals surface area contributed by atoms with E-state index in [1.165, 1.54) is 0 Å². The lowest BCUT2D eigenvalue weighted by molar-refractivity contribution is 0.0431. The highest BCUT2D eigenvalue weighted by Crippen LogP contribution is 2.39. The van der Waals surface area contributed by atoms with Crippen LogP contribution >= 0.6 is 23.2 Å². The Bertz CT molecular complexity index is 383. The minimum atomic E-state index is -0.826. The van der Waals surface area contributed by atoms with Gasteiger partial charge in [0.15, 0.2) is 0 Å². The Morgan fingerprint density at radius 2 is 2.07 bits per heavy atom. The molecule has 1 fully saturated rings. The average Bonchev–Trinajstić information content (AvgIpc) is 2.52. The number of nitrogens with two attached hydrogens (primary N) is 1. The van der Waals surface area contributed by atoms with Gasteiger partial charge >= 0.3 is 0 Å². The van der Waals surface area contributed by atoms with Crippen LogP contribution in [0.1, 0.15) is 24.8 Å². The van der Waals surface area contributed by atoms with Crippen LogP contribution in [-0.4, -0.2) is 11.1 Å². The summed E-state index contributed by atoms with van der Waals surface area (Å²) >= 11 is 11.7. The molecule has 0 radical (unpaired) electrons. The number of benzene rings is 1. The summed E-state index contributed by atoms with van der Waals surface area (Å²) in [5, 5.41) is 11.3. The lowest BCUT2D eigenvalue weighted by atomic mass is 9.92. The molecule has 2 rings (SSSR count). The number of hydrogen-bond acceptors (Lipinski definition) is 2. The molecule has 0 spiro atoms. The van der Waals surface area contributed by atoms with Crippen molar-refractivity contribution in [3.63, 3.8) is 0 Å². The van der Waals surface area contributed by atoms with Crippen LogP contribution < -0.4 is 5.73 Å². The molecule has 1 aromatic rings. The minimum absolute atomic E-state index is 0.0736. The van der Waals surface area contributed by atoms with Gasteiger partial charge in [-0.2, -0.15) is 0 Å². The van der Waals surface area contributed by atoms with Crippen molar-refractivity contribution in [2.45, 2.75) is 30.9 Å². The van der Waals surface area contributed by atoms with E-state index in [9.17, 15) is 5.11 Å². The summed E-state index contributed by atoms with van der Waals surface area (Å²) in [6.45, 7) is 0. The summed E-state index contributed by atoms with van der Waals surface area (Å²) in [5.74, 6) is 0. The third-order valence-electron chi connectivity index (χ3n) is 2.99. The van der Waals surface area contributed by atoms with Crippen molar-refractivity contribution in [2.24, 2.45) is 5.73 Å². The van der Waals surface area contributed by atoms with Crippen LogP contribution in [0.5, 0.6) is 0 Å². The maximum atomic E-state index is 10.4. The molecule has 4 heteroatoms. The molecule has 82 valence electrons. The maximum absolute atomic E-state index is 10.4. The first-order valence-electron chi connectivity index (χ1n) is 4.95. The molecular weight excluding hydrogens is 233 g/mol. The van der Waals surface area contributed by atoms with Gasteiger partial charge in [-0.05, 0) is 37.0 Å². The fourth-order valence-corrected chi connectivity index (χ4v) is 2.41. The molecule has 2 nitrogen and oxygen atoms in total. The van der Waals surface area contributed by atoms with Crippen molar-refractivity contribution in [1.82, 2.24) is 0 Å². The molecule has 2 atom stereocenters. The van der Waals surface area contributed by atoms with E-state index in [4.69, 9.17) is 28.9 Å². The fraction of sp³-hybridized carbons (Fsp3) is 0.455. The number of hydrogen-bond donors (Lipinski definition) is 2. The highest BCUT2D eigenvalue weighted by Gasteiger charge is 2.37. The van der Waals surface area contributed by atoms with E-state index in [0.29, 0.717) is 22.9 Å². The van der Waals surface area contributed by atoms with Crippen LogP contribution in [0.25, 0.3) is 0 Å². The van der Waals surface area contributed by atoms with E-state index in [0.717, 1.165) is 12.0 Å². The maximum Gasteiger partial charge on any atom is 0.0912 e. The second-order valence-electron chi connectivity index (χ2n) is 4.16. The third kappa shape index (κ3) is 2.13. The van der Waals surface area contributed by atoms with Gasteiger partial charge in [0, 0.05) is 6.04 Å². The lowest BCUT2D eigenvalue weighted by Gasteiger charge is -2.23. The van der Waals surface area contributed by atoms with Crippen LogP contribution in [0.2, 0.25) is 10.0 Å². The predicted octanol–water partition coefficient (Wildman–Crippen LogP) is 2.69. The van der Waals surface area contributed by atoms with Gasteiger partial charge in [0.25, 0.3) is 0 Å². The minimum Gasteiger partial charge on any atom is -0.385 e. The van der Waals surface area contributed by atoms with Crippen molar-refractivity contribution in [3.8, 4) is 0 Å². The third-order valence-corrected chi connectivity index (χ3v) is 3.72. The quantitative estimate of drug-likeness (QED) is 0.800. The van der Waals surface area contributed by atoms with Gasteiger partial charge in [0.2, 0.25) is 0 Å². The van der Waals surface area contributed by atoms with Gasteiger partial charge in [-0.25, -0.2) is 0 Å². The number of aliphatic hydroxyl groups is 1. The smallest absolute Gasteiger partial charge is 0.0912 e. The van der Waals surface area contributed by atoms with Crippen molar-refractivity contribution in [2.75, 3.05) is 0 Å². The summed E-state index contributed by atoms with van der Waals surface area (Å²) in [4.78, 5) is 0. The van der Waals surface area contributed by atoms with Crippen molar-refractivity contribution < 1.29 is 5.11 Å². The Balaban J connectivity index is 2.33. The van der Waals surface area contributed by atoms with Gasteiger partial charge in [-0.15, -0.1) is 0 Å². The summed E-state index contributed by atoms with van der Waals surface area (Å²) in [7, 11) is 0. The van der Waals surface area contributed by atoms with E-state index in [2.05, 4.69) is 0 Å². The summed E-state index contributed by atoms with van der Waals surface area (Å²) < 4.78 is 0. The average molecular weight is 246 g/mol. The topological polar surface area (TPSA) is 46.2 Å². The van der Waals surface area contributed by atoms with Gasteiger partial charge in [0.1, 0.15) is 0 Å². The first kappa shape index (κ1) is 11.2. The zero-order valence-corrected chi connectivity index (χ0v) is 9.72. The number of rotatable bonds is 1. The van der Waals surface area contributed by atoms with Crippen molar-refractivity contribution in [1.29, 1.82) is 0 Å². The normalized spacial score (nSPS) is 30.8. The molecule has 1 saturated carbocycles. The highest BCUT2D eigenvalue weighted by molar-refractivity contribution is 6.42. The predicted molar refractivity (Wildman–Crippen MR) is 62.2 cm³/mol. The Morgan fingerprint density at radius 3 is 2.60 bits per heavy atom. The zero-order valence-electron chi connectivity index (χ0n) is 8.21. The van der Waals surface area contributed by atoms with Crippen LogP contribution in [0.15, 0.2) is 18.2 Å². The molecule has 0 bridgehead atoms. The second kappa shape index (κ2) is 3.95. The Labute approximate surface area is 99.0 Å². The molecule has 2 unspecified atom stereocenters. The molecule has 15 heavy (non-hydrogen) atoms. The highest BCUT2D eigenvalue weighted by atomic mass is 35.5. The van der Waals surface area contributed by atoms with Gasteiger partial charge in [0.05, 0.1) is 15.6 Å². The monoisotopic (exact) mass is 245 g/mol. The first-order valence-corrected chi connectivity index (χ1v) is 5.70. The van der Waals surface area contributed by atoms with Crippen molar-refractivity contribution >= 4 is 23.2 Å². The first-order chi connectivity index (χ1) is 7.01. The van der Waals surface area contributed by atoms with E-state index >= 15 is 0 Å². The van der Waals surface area contributed by atoms with Crippen LogP contribution in [0.3, 0.4) is 0 Å². The Hall–Kier alpha value is -0.280. The summed E-state index contributed by atoms with van der Waals surface area (Å²) in [6.07, 6.45) is 2.12. The van der Waals surface area contributed by atoms with E-state index in [1.54, 1.807) is 12.1 Å². The molecule has 0 aliphatic heterocycles. The second-order valence-corrected chi connectivity index (χ2v) is 4.98. The standard InChI is InChI=1S/C11H13Cl2NO/c12-9-2-1-7(5-10(9)13)11(15)4-3-8(14)6-11/h1-2,5,8,15H,3-4,6,14H2. The largest absolute Gasteiger partial charge is 0.385 e. The number of halogens is 2. The molecule has 0 saturated heterocycles. The Morgan fingerprint density at radius 1 is 1.33 bits per heavy atom. The van der Waals surface area contributed by atoms with Gasteiger partial charge < -0.3 is 10.8 Å². The lowest BCUT2D eigenvalue weighted by Crippen LogP contribution is -2.25. The van der Waals surface area contributed by atoms with Crippen LogP contribution in [0.4, 0.5) is 0 Å². The molecule has 1 aliphatic rings. The molecular formula is C11H13Cl2NO. The molecule has 0 amide bonds. The molecule has 3 N–H and O–H groups in total. The van der Waals surface area contributed by atoms with Crippen molar-refractivity contribution in [3.05, 3.63) is 33.8 Å². The molecule has 0 aromatic heterocycles. The SMILES string of the molecule is NC1CCC(O)(c2ccc(Cl)c(Cl)c2)C1. The molecule has 1 aliphatic carbocycles. The zero-order chi connectivity index (χ0) is 11.1. The molecule has 1 aromatic carbocycles. The molecule has 0 heterocycles. The van der Waals surface area contributed by atoms with Gasteiger partial charge in [-0.1, -0.05) is 29.3 Å². The van der Waals surface area contributed by atoms with Gasteiger partial charge in [-0.3, -0.25) is 0 Å². The van der Waals surface area contributed by atoms with E-state index in [1.807, 2.05) is 6.07 Å². The van der Waals surface area contributed by atoms with E-state index < -0.39 is 5.60 Å². The summed E-state index contributed by atoms with van der Waals surface area (Å²) in [5.41, 5.74) is 5.78. The summed E-state index contributed by atoms with van der Waals surface area (Å²) in [6, 6.07) is 5.32.